The van der Waals surface area contributed by atoms with Crippen LogP contribution in [0.3, 0.4) is 0 Å². The Kier molecular flexibility index (Phi) is 6.34. The Morgan fingerprint density at radius 1 is 1.22 bits per heavy atom. The molecule has 0 bridgehead atoms. The van der Waals surface area contributed by atoms with Crippen LogP contribution in [0.5, 0.6) is 0 Å². The van der Waals surface area contributed by atoms with Crippen molar-refractivity contribution in [2.75, 3.05) is 23.4 Å². The quantitative estimate of drug-likeness (QED) is 0.714. The fourth-order valence-electron chi connectivity index (χ4n) is 2.31. The maximum Gasteiger partial charge on any atom is 0.406 e. The van der Waals surface area contributed by atoms with E-state index in [9.17, 15) is 39.7 Å². The van der Waals surface area contributed by atoms with Crippen LogP contribution in [0.4, 0.5) is 36.4 Å². The average molecular weight is 438 g/mol. The zero-order valence-electron chi connectivity index (χ0n) is 13.6. The van der Waals surface area contributed by atoms with Crippen LogP contribution < -0.4 is 5.32 Å². The summed E-state index contributed by atoms with van der Waals surface area (Å²) in [5.41, 5.74) is -1.70. The molecule has 0 aromatic heterocycles. The second-order valence-corrected chi connectivity index (χ2v) is 8.14. The second-order valence-electron chi connectivity index (χ2n) is 5.65. The minimum Gasteiger partial charge on any atom is -0.354 e. The molecule has 1 fully saturated rings. The molecule has 0 saturated carbocycles. The monoisotopic (exact) mass is 438 g/mol. The number of carbonyl (C=O) groups excluding carboxylic acids is 1. The van der Waals surface area contributed by atoms with E-state index in [2.05, 4.69) is 5.32 Å². The number of hydrogen-bond donors (Lipinski definition) is 1. The first-order chi connectivity index (χ1) is 12.3. The molecule has 2 rings (SSSR count). The molecule has 1 aliphatic heterocycles. The van der Waals surface area contributed by atoms with Crippen molar-refractivity contribution in [1.82, 2.24) is 4.90 Å². The number of amides is 1. The van der Waals surface area contributed by atoms with Crippen molar-refractivity contribution < 1.29 is 39.7 Å². The standard InChI is InChI=1S/C14H13F7N2O2S2/c1-7-2-8(15)9(3-10(7)27(25)6-14(19,20)21)22-12-23(5-13(16,17)18)11(24)4-26-12/h2-3,12,22H,4-6H2,1H3/t12?,27-/m0/s1. The van der Waals surface area contributed by atoms with Crippen LogP contribution in [0.2, 0.25) is 0 Å². The molecule has 1 aromatic carbocycles. The van der Waals surface area contributed by atoms with E-state index < -0.39 is 58.4 Å². The molecule has 4 nitrogen and oxygen atoms in total. The van der Waals surface area contributed by atoms with Gasteiger partial charge in [0.15, 0.2) is 5.50 Å². The highest BCUT2D eigenvalue weighted by Crippen LogP contribution is 2.32. The van der Waals surface area contributed by atoms with E-state index >= 15 is 0 Å². The van der Waals surface area contributed by atoms with Gasteiger partial charge in [0.2, 0.25) is 5.91 Å². The van der Waals surface area contributed by atoms with Gasteiger partial charge in [-0.15, -0.1) is 11.8 Å². The van der Waals surface area contributed by atoms with Crippen molar-refractivity contribution in [3.63, 3.8) is 0 Å². The van der Waals surface area contributed by atoms with Crippen LogP contribution in [0.15, 0.2) is 17.0 Å². The number of aryl methyl sites for hydroxylation is 1. The van der Waals surface area contributed by atoms with E-state index in [4.69, 9.17) is 0 Å². The smallest absolute Gasteiger partial charge is 0.354 e. The average Bonchev–Trinajstić information content (AvgIpc) is 2.79. The Hall–Kier alpha value is -1.50. The highest BCUT2D eigenvalue weighted by atomic mass is 32.2. The fourth-order valence-corrected chi connectivity index (χ4v) is 4.47. The normalized spacial score (nSPS) is 19.5. The molecule has 1 aliphatic rings. The number of benzene rings is 1. The van der Waals surface area contributed by atoms with Gasteiger partial charge >= 0.3 is 12.4 Å². The van der Waals surface area contributed by atoms with Crippen LogP contribution in [-0.2, 0) is 15.6 Å². The number of hydrogen-bond acceptors (Lipinski definition) is 4. The number of anilines is 1. The van der Waals surface area contributed by atoms with Gasteiger partial charge in [-0.05, 0) is 24.6 Å². The van der Waals surface area contributed by atoms with Gasteiger partial charge in [-0.2, -0.15) is 26.3 Å². The molecule has 2 atom stereocenters. The third-order valence-electron chi connectivity index (χ3n) is 3.40. The van der Waals surface area contributed by atoms with Gasteiger partial charge in [0, 0.05) is 4.90 Å². The molecule has 27 heavy (non-hydrogen) atoms. The molecule has 152 valence electrons. The van der Waals surface area contributed by atoms with Crippen molar-refractivity contribution in [3.8, 4) is 0 Å². The number of alkyl halides is 6. The number of nitrogens with one attached hydrogen (secondary N) is 1. The van der Waals surface area contributed by atoms with Crippen molar-refractivity contribution in [3.05, 3.63) is 23.5 Å². The van der Waals surface area contributed by atoms with Gasteiger partial charge in [0.05, 0.1) is 22.2 Å². The van der Waals surface area contributed by atoms with Gasteiger partial charge in [-0.1, -0.05) is 0 Å². The van der Waals surface area contributed by atoms with Crippen LogP contribution in [0.1, 0.15) is 5.56 Å². The molecule has 1 unspecified atom stereocenters. The molecule has 0 aliphatic carbocycles. The van der Waals surface area contributed by atoms with E-state index in [0.717, 1.165) is 23.9 Å². The van der Waals surface area contributed by atoms with Crippen molar-refractivity contribution in [2.24, 2.45) is 0 Å². The maximum atomic E-state index is 14.1. The first kappa shape index (κ1) is 21.8. The first-order valence-corrected chi connectivity index (χ1v) is 9.63. The predicted octanol–water partition coefficient (Wildman–Crippen LogP) is 3.64. The molecule has 1 N–H and O–H groups in total. The van der Waals surface area contributed by atoms with E-state index in [-0.39, 0.29) is 16.2 Å². The molecular weight excluding hydrogens is 425 g/mol. The van der Waals surface area contributed by atoms with Crippen LogP contribution in [0, 0.1) is 12.7 Å². The van der Waals surface area contributed by atoms with Crippen molar-refractivity contribution in [2.45, 2.75) is 29.7 Å². The van der Waals surface area contributed by atoms with E-state index in [0.29, 0.717) is 4.90 Å². The molecule has 1 heterocycles. The van der Waals surface area contributed by atoms with Crippen LogP contribution in [-0.4, -0.2) is 50.9 Å². The fraction of sp³-hybridized carbons (Fsp3) is 0.500. The Morgan fingerprint density at radius 2 is 1.85 bits per heavy atom. The van der Waals surface area contributed by atoms with Crippen molar-refractivity contribution in [1.29, 1.82) is 0 Å². The lowest BCUT2D eigenvalue weighted by Gasteiger charge is -2.26. The summed E-state index contributed by atoms with van der Waals surface area (Å²) in [6.45, 7) is -0.295. The Morgan fingerprint density at radius 3 is 2.41 bits per heavy atom. The number of carbonyl (C=O) groups is 1. The van der Waals surface area contributed by atoms with Gasteiger partial charge in [0.25, 0.3) is 0 Å². The van der Waals surface area contributed by atoms with E-state index in [1.807, 2.05) is 0 Å². The zero-order valence-corrected chi connectivity index (χ0v) is 15.2. The molecule has 0 radical (unpaired) electrons. The Balaban J connectivity index is 2.27. The summed E-state index contributed by atoms with van der Waals surface area (Å²) in [5.74, 6) is -3.68. The van der Waals surface area contributed by atoms with Crippen molar-refractivity contribution >= 4 is 34.2 Å². The summed E-state index contributed by atoms with van der Waals surface area (Å²) in [4.78, 5) is 11.8. The molecule has 13 heteroatoms. The number of rotatable bonds is 5. The lowest BCUT2D eigenvalue weighted by atomic mass is 10.2. The largest absolute Gasteiger partial charge is 0.406 e. The minimum atomic E-state index is -4.71. The highest BCUT2D eigenvalue weighted by molar-refractivity contribution is 8.01. The molecular formula is C14H13F7N2O2S2. The summed E-state index contributed by atoms with van der Waals surface area (Å²) in [6.07, 6.45) is -9.39. The van der Waals surface area contributed by atoms with Gasteiger partial charge in [0.1, 0.15) is 18.1 Å². The Bertz CT molecular complexity index is 752. The number of halogens is 7. The van der Waals surface area contributed by atoms with E-state index in [1.165, 1.54) is 6.92 Å². The van der Waals surface area contributed by atoms with Gasteiger partial charge in [-0.3, -0.25) is 9.00 Å². The highest BCUT2D eigenvalue weighted by Gasteiger charge is 2.40. The SMILES string of the molecule is Cc1cc(F)c(NC2SCC(=O)N2CC(F)(F)F)cc1[S@@](=O)CC(F)(F)F. The number of nitrogens with zero attached hydrogens (tertiary/aromatic N) is 1. The summed E-state index contributed by atoms with van der Waals surface area (Å²) in [7, 11) is -2.52. The number of thioether (sulfide) groups is 1. The summed E-state index contributed by atoms with van der Waals surface area (Å²) in [6, 6.07) is 1.70. The topological polar surface area (TPSA) is 49.4 Å². The van der Waals surface area contributed by atoms with Gasteiger partial charge < -0.3 is 10.2 Å². The lowest BCUT2D eigenvalue weighted by molar-refractivity contribution is -0.159. The predicted molar refractivity (Wildman–Crippen MR) is 86.1 cm³/mol. The minimum absolute atomic E-state index is 0.00272. The lowest BCUT2D eigenvalue weighted by Crippen LogP contribution is -2.43. The zero-order chi connectivity index (χ0) is 20.6. The summed E-state index contributed by atoms with van der Waals surface area (Å²) < 4.78 is 101. The molecule has 1 saturated heterocycles. The third-order valence-corrected chi connectivity index (χ3v) is 6.02. The first-order valence-electron chi connectivity index (χ1n) is 7.26. The molecule has 1 amide bonds. The maximum absolute atomic E-state index is 14.1. The molecule has 1 aromatic rings. The summed E-state index contributed by atoms with van der Waals surface area (Å²) in [5, 5.41) is 2.37. The van der Waals surface area contributed by atoms with Crippen LogP contribution >= 0.6 is 11.8 Å². The Labute approximate surface area is 155 Å². The third kappa shape index (κ3) is 5.99. The van der Waals surface area contributed by atoms with Gasteiger partial charge in [-0.25, -0.2) is 4.39 Å². The van der Waals surface area contributed by atoms with Crippen LogP contribution in [0.25, 0.3) is 0 Å². The summed E-state index contributed by atoms with van der Waals surface area (Å²) >= 11 is 0.774. The second kappa shape index (κ2) is 7.86. The molecule has 0 spiro atoms. The van der Waals surface area contributed by atoms with E-state index in [1.54, 1.807) is 0 Å².